The number of nitrogens with one attached hydrogen (secondary N) is 1. The van der Waals surface area contributed by atoms with Crippen molar-refractivity contribution in [3.63, 3.8) is 0 Å². The number of nitrogens with zero attached hydrogens (tertiary/aromatic N) is 1. The van der Waals surface area contributed by atoms with Gasteiger partial charge in [0.05, 0.1) is 11.6 Å². The van der Waals surface area contributed by atoms with Gasteiger partial charge in [-0.2, -0.15) is 5.26 Å². The Morgan fingerprint density at radius 3 is 2.45 bits per heavy atom. The van der Waals surface area contributed by atoms with Gasteiger partial charge in [0.15, 0.2) is 0 Å². The first-order chi connectivity index (χ1) is 14.7. The molecule has 3 aromatic rings. The molecule has 5 N–H and O–H groups in total. The van der Waals surface area contributed by atoms with Crippen LogP contribution in [-0.2, 0) is 6.61 Å². The minimum atomic E-state index is -1.63. The lowest BCUT2D eigenvalue weighted by Crippen LogP contribution is -2.24. The summed E-state index contributed by atoms with van der Waals surface area (Å²) in [7, 11) is 0. The summed E-state index contributed by atoms with van der Waals surface area (Å²) in [5, 5.41) is 27.8. The first-order valence-corrected chi connectivity index (χ1v) is 8.67. The summed E-state index contributed by atoms with van der Waals surface area (Å²) in [5.41, 5.74) is 3.19. The molecule has 0 atom stereocenters. The lowest BCUT2D eigenvalue weighted by atomic mass is 9.95. The Labute approximate surface area is 173 Å². The normalized spacial score (nSPS) is 10.3. The summed E-state index contributed by atoms with van der Waals surface area (Å²) in [5.74, 6) is -4.14. The Hall–Kier alpha value is -4.65. The molecule has 0 amide bonds. The average molecular weight is 423 g/mol. The van der Waals surface area contributed by atoms with Gasteiger partial charge in [-0.3, -0.25) is 4.79 Å². The molecule has 0 radical (unpaired) electrons. The van der Waals surface area contributed by atoms with Crippen LogP contribution in [0.4, 0.5) is 10.2 Å². The number of H-pyrrole nitrogens is 1. The van der Waals surface area contributed by atoms with Gasteiger partial charge in [-0.15, -0.1) is 0 Å². The molecular formula is C21H14FN3O6. The van der Waals surface area contributed by atoms with E-state index < -0.39 is 40.3 Å². The van der Waals surface area contributed by atoms with Gasteiger partial charge in [-0.1, -0.05) is 18.2 Å². The molecule has 1 aromatic heterocycles. The Kier molecular flexibility index (Phi) is 5.70. The van der Waals surface area contributed by atoms with Crippen LogP contribution >= 0.6 is 0 Å². The molecule has 1 heterocycles. The van der Waals surface area contributed by atoms with E-state index in [4.69, 9.17) is 15.7 Å². The Balaban J connectivity index is 2.04. The predicted molar refractivity (Wildman–Crippen MR) is 106 cm³/mol. The molecule has 156 valence electrons. The van der Waals surface area contributed by atoms with Crippen LogP contribution in [0.15, 0.2) is 47.3 Å². The number of halogens is 1. The van der Waals surface area contributed by atoms with Crippen molar-refractivity contribution in [1.82, 2.24) is 4.98 Å². The average Bonchev–Trinajstić information content (AvgIpc) is 2.71. The molecular weight excluding hydrogens is 409 g/mol. The molecule has 3 rings (SSSR count). The molecule has 0 saturated heterocycles. The highest BCUT2D eigenvalue weighted by Gasteiger charge is 2.26. The van der Waals surface area contributed by atoms with E-state index in [1.165, 1.54) is 36.4 Å². The number of nitriles is 1. The van der Waals surface area contributed by atoms with E-state index in [0.717, 1.165) is 6.07 Å². The topological polar surface area (TPSA) is 166 Å². The smallest absolute Gasteiger partial charge is 0.342 e. The van der Waals surface area contributed by atoms with Gasteiger partial charge in [0, 0.05) is 11.1 Å². The summed E-state index contributed by atoms with van der Waals surface area (Å²) in [6, 6.07) is 11.3. The first kappa shape index (κ1) is 21.1. The van der Waals surface area contributed by atoms with Crippen LogP contribution in [0.5, 0.6) is 5.75 Å². The van der Waals surface area contributed by atoms with Crippen molar-refractivity contribution in [3.05, 3.63) is 80.9 Å². The van der Waals surface area contributed by atoms with Gasteiger partial charge in [-0.05, 0) is 29.8 Å². The number of nitrogens with two attached hydrogens (primary N) is 1. The maximum atomic E-state index is 14.0. The number of benzene rings is 2. The van der Waals surface area contributed by atoms with Gasteiger partial charge in [0.25, 0.3) is 5.56 Å². The largest absolute Gasteiger partial charge is 0.489 e. The number of aromatic amines is 1. The van der Waals surface area contributed by atoms with Crippen LogP contribution < -0.4 is 16.0 Å². The fraction of sp³-hybridized carbons (Fsp3) is 0.0476. The third-order valence-corrected chi connectivity index (χ3v) is 4.37. The van der Waals surface area contributed by atoms with Crippen molar-refractivity contribution in [3.8, 4) is 22.9 Å². The fourth-order valence-corrected chi connectivity index (χ4v) is 2.97. The Bertz CT molecular complexity index is 1310. The van der Waals surface area contributed by atoms with Gasteiger partial charge in [0.2, 0.25) is 0 Å². The molecule has 0 spiro atoms. The maximum Gasteiger partial charge on any atom is 0.342 e. The van der Waals surface area contributed by atoms with E-state index in [-0.39, 0.29) is 34.6 Å². The highest BCUT2D eigenvalue weighted by atomic mass is 19.1. The second-order valence-corrected chi connectivity index (χ2v) is 6.34. The van der Waals surface area contributed by atoms with E-state index in [9.17, 15) is 29.0 Å². The third-order valence-electron chi connectivity index (χ3n) is 4.37. The number of rotatable bonds is 6. The number of ether oxygens (including phenoxy) is 1. The van der Waals surface area contributed by atoms with Gasteiger partial charge >= 0.3 is 11.9 Å². The number of carbonyl (C=O) groups is 2. The number of nitrogen functional groups attached to an aromatic ring is 1. The zero-order valence-corrected chi connectivity index (χ0v) is 15.7. The fourth-order valence-electron chi connectivity index (χ4n) is 2.97. The second-order valence-electron chi connectivity index (χ2n) is 6.34. The molecule has 0 saturated carbocycles. The first-order valence-electron chi connectivity index (χ1n) is 8.67. The minimum absolute atomic E-state index is 0.0606. The molecule has 0 fully saturated rings. The number of carboxylic acid groups (broad SMARTS) is 2. The molecule has 0 aliphatic rings. The minimum Gasteiger partial charge on any atom is -0.489 e. The van der Waals surface area contributed by atoms with Crippen LogP contribution in [0, 0.1) is 17.1 Å². The number of pyridine rings is 1. The van der Waals surface area contributed by atoms with Crippen LogP contribution in [0.2, 0.25) is 0 Å². The molecule has 0 bridgehead atoms. The van der Waals surface area contributed by atoms with Gasteiger partial charge in [-0.25, -0.2) is 14.0 Å². The molecule has 0 aliphatic heterocycles. The number of aromatic nitrogens is 1. The van der Waals surface area contributed by atoms with Crippen LogP contribution in [-0.4, -0.2) is 27.1 Å². The van der Waals surface area contributed by atoms with Crippen molar-refractivity contribution in [1.29, 1.82) is 5.26 Å². The predicted octanol–water partition coefficient (Wildman–Crippen LogP) is 2.61. The van der Waals surface area contributed by atoms with Gasteiger partial charge < -0.3 is 25.7 Å². The Morgan fingerprint density at radius 2 is 1.84 bits per heavy atom. The molecule has 31 heavy (non-hydrogen) atoms. The van der Waals surface area contributed by atoms with E-state index in [1.807, 2.05) is 11.1 Å². The number of hydrogen-bond acceptors (Lipinski definition) is 6. The van der Waals surface area contributed by atoms with E-state index in [2.05, 4.69) is 0 Å². The van der Waals surface area contributed by atoms with E-state index in [0.29, 0.717) is 0 Å². The monoisotopic (exact) mass is 423 g/mol. The van der Waals surface area contributed by atoms with E-state index in [1.54, 1.807) is 0 Å². The number of hydrogen-bond donors (Lipinski definition) is 4. The summed E-state index contributed by atoms with van der Waals surface area (Å²) < 4.78 is 19.6. The number of anilines is 1. The highest BCUT2D eigenvalue weighted by Crippen LogP contribution is 2.31. The quantitative estimate of drug-likeness (QED) is 0.469. The van der Waals surface area contributed by atoms with Gasteiger partial charge in [0.1, 0.15) is 35.1 Å². The van der Waals surface area contributed by atoms with E-state index >= 15 is 0 Å². The maximum absolute atomic E-state index is 14.0. The van der Waals surface area contributed by atoms with Crippen LogP contribution in [0.25, 0.3) is 11.1 Å². The lowest BCUT2D eigenvalue weighted by Gasteiger charge is -2.13. The Morgan fingerprint density at radius 1 is 1.13 bits per heavy atom. The SMILES string of the molecule is N#Cc1ccc(COc2cccc(-c3c(C(=O)O)c(N)[nH]c(=O)c3C(=O)O)c2)c(F)c1. The summed E-state index contributed by atoms with van der Waals surface area (Å²) in [6.07, 6.45) is 0. The molecule has 0 aliphatic carbocycles. The molecule has 2 aromatic carbocycles. The number of aromatic carboxylic acids is 2. The van der Waals surface area contributed by atoms with Crippen molar-refractivity contribution >= 4 is 17.8 Å². The van der Waals surface area contributed by atoms with Crippen molar-refractivity contribution < 1.29 is 28.9 Å². The second kappa shape index (κ2) is 8.38. The lowest BCUT2D eigenvalue weighted by molar-refractivity contribution is 0.0695. The molecule has 0 unspecified atom stereocenters. The van der Waals surface area contributed by atoms with Crippen LogP contribution in [0.1, 0.15) is 31.8 Å². The van der Waals surface area contributed by atoms with Crippen molar-refractivity contribution in [2.45, 2.75) is 6.61 Å². The highest BCUT2D eigenvalue weighted by molar-refractivity contribution is 6.07. The molecule has 10 heteroatoms. The summed E-state index contributed by atoms with van der Waals surface area (Å²) in [4.78, 5) is 37.5. The standard InChI is InChI=1S/C21H14FN3O6/c22-14-6-10(8-23)4-5-12(14)9-31-13-3-1-2-11(7-13)15-16(20(27)28)18(24)25-19(26)17(15)21(29)30/h1-7H,9H2,(H,27,28)(H,29,30)(H3,24,25,26). The summed E-state index contributed by atoms with van der Waals surface area (Å²) >= 11 is 0. The zero-order valence-electron chi connectivity index (χ0n) is 15.7. The summed E-state index contributed by atoms with van der Waals surface area (Å²) in [6.45, 7) is -0.212. The number of carboxylic acids is 2. The van der Waals surface area contributed by atoms with Crippen molar-refractivity contribution in [2.75, 3.05) is 5.73 Å². The molecule has 9 nitrogen and oxygen atoms in total. The third kappa shape index (κ3) is 4.20. The van der Waals surface area contributed by atoms with Crippen molar-refractivity contribution in [2.24, 2.45) is 0 Å². The van der Waals surface area contributed by atoms with Crippen LogP contribution in [0.3, 0.4) is 0 Å². The zero-order chi connectivity index (χ0) is 22.7.